The zero-order valence-corrected chi connectivity index (χ0v) is 18.0. The number of hydrogen-bond donors (Lipinski definition) is 3. The first kappa shape index (κ1) is 29.9. The molecule has 0 rings (SSSR count). The van der Waals surface area contributed by atoms with Gasteiger partial charge < -0.3 is 24.1 Å². The highest BCUT2D eigenvalue weighted by molar-refractivity contribution is 7.79. The van der Waals surface area contributed by atoms with E-state index in [1.165, 1.54) is 44.9 Å². The molecule has 0 aliphatic heterocycles. The maximum Gasteiger partial charge on any atom is 0.394 e. The summed E-state index contributed by atoms with van der Waals surface area (Å²) in [4.78, 5) is 0. The van der Waals surface area contributed by atoms with Crippen molar-refractivity contribution in [3.63, 3.8) is 0 Å². The number of aliphatic hydroxyl groups is 1. The Hall–Kier alpha value is -0.330. The SMILES string of the molecule is CCCCCCCCCCOCCOCCOCCOCCO.O=S(=O)(O)O. The average molecular weight is 433 g/mol. The van der Waals surface area contributed by atoms with Gasteiger partial charge in [0, 0.05) is 6.61 Å². The van der Waals surface area contributed by atoms with Gasteiger partial charge in [0.25, 0.3) is 0 Å². The van der Waals surface area contributed by atoms with Crippen LogP contribution in [-0.4, -0.2) is 82.1 Å². The Morgan fingerprint density at radius 1 is 0.571 bits per heavy atom. The molecule has 9 nitrogen and oxygen atoms in total. The van der Waals surface area contributed by atoms with Gasteiger partial charge in [0.2, 0.25) is 0 Å². The van der Waals surface area contributed by atoms with Crippen LogP contribution in [0.2, 0.25) is 0 Å². The first-order valence-electron chi connectivity index (χ1n) is 10.0. The fourth-order valence-corrected chi connectivity index (χ4v) is 2.16. The summed E-state index contributed by atoms with van der Waals surface area (Å²) in [6, 6.07) is 0. The third kappa shape index (κ3) is 40.4. The second kappa shape index (κ2) is 24.7. The topological polar surface area (TPSA) is 132 Å². The number of ether oxygens (including phenoxy) is 4. The second-order valence-electron chi connectivity index (χ2n) is 6.10. The maximum absolute atomic E-state index is 8.74. The molecule has 0 saturated carbocycles. The summed E-state index contributed by atoms with van der Waals surface area (Å²) >= 11 is 0. The molecule has 0 bridgehead atoms. The van der Waals surface area contributed by atoms with Crippen molar-refractivity contribution in [2.45, 2.75) is 58.3 Å². The molecule has 10 heteroatoms. The fraction of sp³-hybridized carbons (Fsp3) is 1.00. The van der Waals surface area contributed by atoms with Crippen LogP contribution in [0.1, 0.15) is 58.3 Å². The van der Waals surface area contributed by atoms with Crippen LogP contribution in [0.4, 0.5) is 0 Å². The molecule has 0 aromatic rings. The molecule has 0 atom stereocenters. The van der Waals surface area contributed by atoms with Gasteiger partial charge in [0.05, 0.1) is 52.9 Å². The van der Waals surface area contributed by atoms with E-state index >= 15 is 0 Å². The molecule has 172 valence electrons. The van der Waals surface area contributed by atoms with Crippen LogP contribution in [-0.2, 0) is 29.3 Å². The summed E-state index contributed by atoms with van der Waals surface area (Å²) in [6.45, 7) is 7.03. The minimum absolute atomic E-state index is 0.0576. The Balaban J connectivity index is 0. The van der Waals surface area contributed by atoms with Crippen molar-refractivity contribution in [1.29, 1.82) is 0 Å². The molecule has 0 amide bonds. The van der Waals surface area contributed by atoms with Gasteiger partial charge in [0.1, 0.15) is 0 Å². The summed E-state index contributed by atoms with van der Waals surface area (Å²) < 4.78 is 52.9. The lowest BCUT2D eigenvalue weighted by atomic mass is 10.1. The fourth-order valence-electron chi connectivity index (χ4n) is 2.16. The smallest absolute Gasteiger partial charge is 0.394 e. The van der Waals surface area contributed by atoms with E-state index in [2.05, 4.69) is 6.92 Å². The molecule has 0 aromatic heterocycles. The standard InChI is InChI=1S/C18H38O5.H2O4S/c1-2-3-4-5-6-7-8-9-11-20-13-15-22-17-18-23-16-14-21-12-10-19;1-5(2,3)4/h19H,2-18H2,1H3;(H2,1,2,3,4). The van der Waals surface area contributed by atoms with E-state index in [1.807, 2.05) is 0 Å². The Morgan fingerprint density at radius 3 is 1.29 bits per heavy atom. The largest absolute Gasteiger partial charge is 0.394 e. The predicted octanol–water partition coefficient (Wildman–Crippen LogP) is 2.53. The normalized spacial score (nSPS) is 11.3. The molecule has 0 spiro atoms. The number of rotatable bonds is 20. The molecule has 28 heavy (non-hydrogen) atoms. The molecule has 0 aliphatic carbocycles. The quantitative estimate of drug-likeness (QED) is 0.196. The molecule has 0 fully saturated rings. The van der Waals surface area contributed by atoms with E-state index in [9.17, 15) is 0 Å². The van der Waals surface area contributed by atoms with Gasteiger partial charge in [0.15, 0.2) is 0 Å². The van der Waals surface area contributed by atoms with E-state index in [0.29, 0.717) is 46.2 Å². The van der Waals surface area contributed by atoms with Crippen LogP contribution < -0.4 is 0 Å². The van der Waals surface area contributed by atoms with E-state index in [-0.39, 0.29) is 6.61 Å². The molecule has 0 unspecified atom stereocenters. The highest BCUT2D eigenvalue weighted by Crippen LogP contribution is 2.08. The van der Waals surface area contributed by atoms with Gasteiger partial charge in [-0.25, -0.2) is 0 Å². The van der Waals surface area contributed by atoms with Crippen molar-refractivity contribution < 1.29 is 41.6 Å². The third-order valence-corrected chi connectivity index (χ3v) is 3.49. The van der Waals surface area contributed by atoms with Gasteiger partial charge in [-0.2, -0.15) is 8.42 Å². The van der Waals surface area contributed by atoms with E-state index in [0.717, 1.165) is 13.0 Å². The maximum atomic E-state index is 8.74. The van der Waals surface area contributed by atoms with E-state index in [1.54, 1.807) is 0 Å². The lowest BCUT2D eigenvalue weighted by molar-refractivity contribution is -0.00577. The van der Waals surface area contributed by atoms with Crippen molar-refractivity contribution in [2.75, 3.05) is 59.5 Å². The zero-order chi connectivity index (χ0) is 21.3. The van der Waals surface area contributed by atoms with Crippen molar-refractivity contribution >= 4 is 10.4 Å². The molecule has 3 N–H and O–H groups in total. The summed E-state index contributed by atoms with van der Waals surface area (Å²) in [6.07, 6.45) is 10.6. The third-order valence-electron chi connectivity index (χ3n) is 3.49. The van der Waals surface area contributed by atoms with E-state index < -0.39 is 10.4 Å². The summed E-state index contributed by atoms with van der Waals surface area (Å²) in [5.74, 6) is 0. The minimum Gasteiger partial charge on any atom is -0.394 e. The summed E-state index contributed by atoms with van der Waals surface area (Å²) in [5, 5.41) is 8.51. The lowest BCUT2D eigenvalue weighted by Crippen LogP contribution is -2.12. The molecule has 0 heterocycles. The lowest BCUT2D eigenvalue weighted by Gasteiger charge is -2.07. The van der Waals surface area contributed by atoms with Gasteiger partial charge in [-0.15, -0.1) is 0 Å². The Kier molecular flexibility index (Phi) is 26.4. The molecule has 0 radical (unpaired) electrons. The first-order valence-corrected chi connectivity index (χ1v) is 11.4. The Bertz CT molecular complexity index is 349. The summed E-state index contributed by atoms with van der Waals surface area (Å²) in [7, 11) is -4.67. The predicted molar refractivity (Wildman–Crippen MR) is 107 cm³/mol. The Morgan fingerprint density at radius 2 is 0.893 bits per heavy atom. The summed E-state index contributed by atoms with van der Waals surface area (Å²) in [5.41, 5.74) is 0. The first-order chi connectivity index (χ1) is 13.4. The zero-order valence-electron chi connectivity index (χ0n) is 17.2. The van der Waals surface area contributed by atoms with Crippen molar-refractivity contribution in [2.24, 2.45) is 0 Å². The number of hydrogen-bond acceptors (Lipinski definition) is 7. The van der Waals surface area contributed by atoms with Crippen LogP contribution in [0.25, 0.3) is 0 Å². The van der Waals surface area contributed by atoms with Gasteiger partial charge in [-0.05, 0) is 6.42 Å². The van der Waals surface area contributed by atoms with Crippen LogP contribution in [0.15, 0.2) is 0 Å². The van der Waals surface area contributed by atoms with E-state index in [4.69, 9.17) is 41.6 Å². The molecule has 0 aliphatic rings. The van der Waals surface area contributed by atoms with Gasteiger partial charge in [-0.1, -0.05) is 51.9 Å². The number of unbranched alkanes of at least 4 members (excludes halogenated alkanes) is 7. The van der Waals surface area contributed by atoms with Crippen LogP contribution in [0.5, 0.6) is 0 Å². The van der Waals surface area contributed by atoms with Crippen molar-refractivity contribution in [3.05, 3.63) is 0 Å². The molecular weight excluding hydrogens is 392 g/mol. The molecule has 0 aromatic carbocycles. The molecule has 0 saturated heterocycles. The molecular formula is C18H40O9S. The van der Waals surface area contributed by atoms with Crippen LogP contribution >= 0.6 is 0 Å². The average Bonchev–Trinajstić information content (AvgIpc) is 2.62. The minimum atomic E-state index is -4.67. The Labute approximate surface area is 170 Å². The monoisotopic (exact) mass is 432 g/mol. The number of aliphatic hydroxyl groups excluding tert-OH is 1. The van der Waals surface area contributed by atoms with Crippen LogP contribution in [0, 0.1) is 0 Å². The van der Waals surface area contributed by atoms with Crippen molar-refractivity contribution in [1.82, 2.24) is 0 Å². The highest BCUT2D eigenvalue weighted by atomic mass is 32.3. The highest BCUT2D eigenvalue weighted by Gasteiger charge is 1.94. The van der Waals surface area contributed by atoms with Crippen molar-refractivity contribution in [3.8, 4) is 0 Å². The van der Waals surface area contributed by atoms with Gasteiger partial charge >= 0.3 is 10.4 Å². The second-order valence-corrected chi connectivity index (χ2v) is 6.99. The van der Waals surface area contributed by atoms with Crippen LogP contribution in [0.3, 0.4) is 0 Å². The van der Waals surface area contributed by atoms with Gasteiger partial charge in [-0.3, -0.25) is 9.11 Å².